The smallest absolute Gasteiger partial charge is 0.176 e. The third-order valence-corrected chi connectivity index (χ3v) is 4.72. The number of nitrogens with zero attached hydrogens (tertiary/aromatic N) is 1. The van der Waals surface area contributed by atoms with Crippen molar-refractivity contribution in [2.75, 3.05) is 38.3 Å². The lowest BCUT2D eigenvalue weighted by molar-refractivity contribution is 0.0992. The normalized spacial score (nSPS) is 11.2. The summed E-state index contributed by atoms with van der Waals surface area (Å²) in [5, 5.41) is 4.18. The average Bonchev–Trinajstić information content (AvgIpc) is 2.78. The predicted octanol–water partition coefficient (Wildman–Crippen LogP) is 3.07. The van der Waals surface area contributed by atoms with E-state index < -0.39 is 0 Å². The van der Waals surface area contributed by atoms with Gasteiger partial charge in [-0.1, -0.05) is 6.92 Å². The summed E-state index contributed by atoms with van der Waals surface area (Å²) in [7, 11) is 3.70. The van der Waals surface area contributed by atoms with Crippen LogP contribution in [0.2, 0.25) is 0 Å². The number of anilines is 2. The SMILES string of the molecule is CCC(=O)c1sc(NCCCN(C)C(C)C)c(OC)c1N. The van der Waals surface area contributed by atoms with Crippen molar-refractivity contribution in [2.45, 2.75) is 39.7 Å². The Morgan fingerprint density at radius 1 is 1.48 bits per heavy atom. The highest BCUT2D eigenvalue weighted by molar-refractivity contribution is 7.19. The molecule has 1 aromatic rings. The van der Waals surface area contributed by atoms with Crippen LogP contribution >= 0.6 is 11.3 Å². The first-order chi connectivity index (χ1) is 9.92. The number of carbonyl (C=O) groups excluding carboxylic acids is 1. The van der Waals surface area contributed by atoms with Crippen LogP contribution in [0.25, 0.3) is 0 Å². The molecular formula is C15H27N3O2S. The van der Waals surface area contributed by atoms with Gasteiger partial charge < -0.3 is 20.7 Å². The van der Waals surface area contributed by atoms with E-state index in [-0.39, 0.29) is 5.78 Å². The van der Waals surface area contributed by atoms with Crippen LogP contribution in [0.3, 0.4) is 0 Å². The number of hydrogen-bond donors (Lipinski definition) is 2. The molecule has 1 aromatic heterocycles. The maximum absolute atomic E-state index is 11.9. The van der Waals surface area contributed by atoms with Crippen molar-refractivity contribution in [3.8, 4) is 5.75 Å². The van der Waals surface area contributed by atoms with Crippen LogP contribution in [-0.2, 0) is 0 Å². The van der Waals surface area contributed by atoms with Gasteiger partial charge in [0.05, 0.1) is 17.7 Å². The Morgan fingerprint density at radius 2 is 2.14 bits per heavy atom. The molecule has 0 aliphatic rings. The van der Waals surface area contributed by atoms with E-state index in [0.717, 1.165) is 24.5 Å². The van der Waals surface area contributed by atoms with E-state index in [0.29, 0.717) is 28.8 Å². The van der Waals surface area contributed by atoms with Crippen molar-refractivity contribution in [1.82, 2.24) is 4.90 Å². The number of carbonyl (C=O) groups is 1. The van der Waals surface area contributed by atoms with Gasteiger partial charge in [0.15, 0.2) is 11.5 Å². The molecule has 0 amide bonds. The summed E-state index contributed by atoms with van der Waals surface area (Å²) < 4.78 is 5.33. The third kappa shape index (κ3) is 4.61. The molecule has 0 bridgehead atoms. The number of nitrogen functional groups attached to an aromatic ring is 1. The Morgan fingerprint density at radius 3 is 2.67 bits per heavy atom. The molecule has 1 rings (SSSR count). The Hall–Kier alpha value is -1.27. The number of ether oxygens (including phenoxy) is 1. The summed E-state index contributed by atoms with van der Waals surface area (Å²) in [6.07, 6.45) is 1.47. The molecule has 1 heterocycles. The van der Waals surface area contributed by atoms with E-state index in [9.17, 15) is 4.79 Å². The molecule has 3 N–H and O–H groups in total. The second-order valence-corrected chi connectivity index (χ2v) is 6.36. The van der Waals surface area contributed by atoms with E-state index in [1.807, 2.05) is 6.92 Å². The number of nitrogens with one attached hydrogen (secondary N) is 1. The van der Waals surface area contributed by atoms with Crippen LogP contribution in [0, 0.1) is 0 Å². The lowest BCUT2D eigenvalue weighted by atomic mass is 10.2. The maximum atomic E-state index is 11.9. The number of methoxy groups -OCH3 is 1. The Balaban J connectivity index is 2.64. The fourth-order valence-electron chi connectivity index (χ4n) is 1.90. The fraction of sp³-hybridized carbons (Fsp3) is 0.667. The Kier molecular flexibility index (Phi) is 6.98. The minimum atomic E-state index is 0.0587. The van der Waals surface area contributed by atoms with Gasteiger partial charge in [0.25, 0.3) is 0 Å². The average molecular weight is 313 g/mol. The first-order valence-electron chi connectivity index (χ1n) is 7.35. The molecule has 0 aliphatic carbocycles. The van der Waals surface area contributed by atoms with E-state index in [1.54, 1.807) is 7.11 Å². The first kappa shape index (κ1) is 17.8. The van der Waals surface area contributed by atoms with Crippen molar-refractivity contribution in [3.05, 3.63) is 4.88 Å². The van der Waals surface area contributed by atoms with Crippen molar-refractivity contribution < 1.29 is 9.53 Å². The lowest BCUT2D eigenvalue weighted by Crippen LogP contribution is -2.28. The fourth-order valence-corrected chi connectivity index (χ4v) is 3.03. The zero-order valence-corrected chi connectivity index (χ0v) is 14.5. The van der Waals surface area contributed by atoms with Crippen molar-refractivity contribution in [2.24, 2.45) is 0 Å². The summed E-state index contributed by atoms with van der Waals surface area (Å²) in [5.41, 5.74) is 6.45. The van der Waals surface area contributed by atoms with Crippen LogP contribution in [0.15, 0.2) is 0 Å². The zero-order chi connectivity index (χ0) is 16.0. The van der Waals surface area contributed by atoms with E-state index in [4.69, 9.17) is 10.5 Å². The minimum Gasteiger partial charge on any atom is -0.492 e. The van der Waals surface area contributed by atoms with Crippen LogP contribution in [0.4, 0.5) is 10.7 Å². The molecule has 0 aliphatic heterocycles. The summed E-state index contributed by atoms with van der Waals surface area (Å²) in [6.45, 7) is 8.04. The summed E-state index contributed by atoms with van der Waals surface area (Å²) in [5.74, 6) is 0.650. The van der Waals surface area contributed by atoms with Crippen molar-refractivity contribution in [3.63, 3.8) is 0 Å². The molecule has 0 saturated heterocycles. The number of ketones is 1. The molecule has 0 radical (unpaired) electrons. The molecule has 0 fully saturated rings. The van der Waals surface area contributed by atoms with Crippen LogP contribution in [0.5, 0.6) is 5.75 Å². The molecule has 0 atom stereocenters. The predicted molar refractivity (Wildman–Crippen MR) is 90.8 cm³/mol. The van der Waals surface area contributed by atoms with Gasteiger partial charge in [0.2, 0.25) is 0 Å². The number of hydrogen-bond acceptors (Lipinski definition) is 6. The molecule has 120 valence electrons. The van der Waals surface area contributed by atoms with Crippen LogP contribution in [-0.4, -0.2) is 44.0 Å². The topological polar surface area (TPSA) is 67.6 Å². The van der Waals surface area contributed by atoms with Crippen molar-refractivity contribution >= 4 is 27.8 Å². The zero-order valence-electron chi connectivity index (χ0n) is 13.7. The van der Waals surface area contributed by atoms with Gasteiger partial charge in [-0.25, -0.2) is 0 Å². The quantitative estimate of drug-likeness (QED) is 0.542. The van der Waals surface area contributed by atoms with Gasteiger partial charge in [-0.3, -0.25) is 4.79 Å². The second-order valence-electron chi connectivity index (χ2n) is 5.34. The minimum absolute atomic E-state index is 0.0587. The highest BCUT2D eigenvalue weighted by Crippen LogP contribution is 2.42. The summed E-state index contributed by atoms with van der Waals surface area (Å²) in [4.78, 5) is 14.7. The Labute approximate surface area is 131 Å². The Bertz CT molecular complexity index is 472. The van der Waals surface area contributed by atoms with E-state index in [2.05, 4.69) is 31.1 Å². The van der Waals surface area contributed by atoms with Gasteiger partial charge in [-0.2, -0.15) is 0 Å². The standard InChI is InChI=1S/C15H27N3O2S/c1-6-11(19)14-12(16)13(20-5)15(21-14)17-8-7-9-18(4)10(2)3/h10,17H,6-9,16H2,1-5H3. The molecule has 0 saturated carbocycles. The second kappa shape index (κ2) is 8.24. The van der Waals surface area contributed by atoms with Crippen LogP contribution < -0.4 is 15.8 Å². The number of Topliss-reactive ketones (excluding diaryl/α,β-unsaturated/α-hetero) is 1. The number of thiophene rings is 1. The van der Waals surface area contributed by atoms with Gasteiger partial charge in [0, 0.05) is 19.0 Å². The molecule has 0 aromatic carbocycles. The molecule has 0 unspecified atom stereocenters. The summed E-state index contributed by atoms with van der Waals surface area (Å²) >= 11 is 1.38. The highest BCUT2D eigenvalue weighted by atomic mass is 32.1. The van der Waals surface area contributed by atoms with E-state index >= 15 is 0 Å². The van der Waals surface area contributed by atoms with Crippen LogP contribution in [0.1, 0.15) is 43.3 Å². The monoisotopic (exact) mass is 313 g/mol. The lowest BCUT2D eigenvalue weighted by Gasteiger charge is -2.20. The largest absolute Gasteiger partial charge is 0.492 e. The number of rotatable bonds is 9. The number of nitrogens with two attached hydrogens (primary N) is 1. The third-order valence-electron chi connectivity index (χ3n) is 3.53. The van der Waals surface area contributed by atoms with Crippen molar-refractivity contribution in [1.29, 1.82) is 0 Å². The molecule has 0 spiro atoms. The maximum Gasteiger partial charge on any atom is 0.176 e. The van der Waals surface area contributed by atoms with Gasteiger partial charge in [-0.05, 0) is 33.9 Å². The first-order valence-corrected chi connectivity index (χ1v) is 8.17. The molecule has 21 heavy (non-hydrogen) atoms. The van der Waals surface area contributed by atoms with E-state index in [1.165, 1.54) is 11.3 Å². The van der Waals surface area contributed by atoms with Gasteiger partial charge in [0.1, 0.15) is 5.00 Å². The molecular weight excluding hydrogens is 286 g/mol. The van der Waals surface area contributed by atoms with Gasteiger partial charge >= 0.3 is 0 Å². The summed E-state index contributed by atoms with van der Waals surface area (Å²) in [6, 6.07) is 0.547. The van der Waals surface area contributed by atoms with Gasteiger partial charge in [-0.15, -0.1) is 11.3 Å². The highest BCUT2D eigenvalue weighted by Gasteiger charge is 2.20. The molecule has 6 heteroatoms. The molecule has 5 nitrogen and oxygen atoms in total.